The zero-order valence-electron chi connectivity index (χ0n) is 22.4. The number of nitrogens with zero attached hydrogens (tertiary/aromatic N) is 1. The number of benzene rings is 3. The van der Waals surface area contributed by atoms with Crippen LogP contribution in [0.25, 0.3) is 0 Å². The van der Waals surface area contributed by atoms with Crippen molar-refractivity contribution in [3.8, 4) is 11.5 Å². The highest BCUT2D eigenvalue weighted by Crippen LogP contribution is 2.20. The van der Waals surface area contributed by atoms with Crippen molar-refractivity contribution in [1.82, 2.24) is 10.2 Å². The third-order valence-electron chi connectivity index (χ3n) is 6.08. The molecule has 0 bridgehead atoms. The number of rotatable bonds is 14. The second-order valence-electron chi connectivity index (χ2n) is 9.62. The average molecular weight is 537 g/mol. The molecule has 1 atom stereocenters. The van der Waals surface area contributed by atoms with Gasteiger partial charge in [-0.25, -0.2) is 0 Å². The molecule has 0 unspecified atom stereocenters. The lowest BCUT2D eigenvalue weighted by Gasteiger charge is -2.32. The Hall–Kier alpha value is -3.51. The van der Waals surface area contributed by atoms with E-state index in [2.05, 4.69) is 5.32 Å². The Balaban J connectivity index is 1.76. The van der Waals surface area contributed by atoms with Crippen LogP contribution in [0.3, 0.4) is 0 Å². The van der Waals surface area contributed by atoms with Crippen LogP contribution >= 0.6 is 11.6 Å². The van der Waals surface area contributed by atoms with E-state index in [1.165, 1.54) is 0 Å². The molecule has 38 heavy (non-hydrogen) atoms. The van der Waals surface area contributed by atoms with E-state index in [4.69, 9.17) is 21.1 Å². The number of halogens is 1. The molecule has 3 rings (SSSR count). The van der Waals surface area contributed by atoms with Gasteiger partial charge in [0.25, 0.3) is 0 Å². The summed E-state index contributed by atoms with van der Waals surface area (Å²) >= 11 is 6.09. The van der Waals surface area contributed by atoms with E-state index in [9.17, 15) is 9.59 Å². The fraction of sp³-hybridized carbons (Fsp3) is 0.355. The van der Waals surface area contributed by atoms with E-state index in [0.717, 1.165) is 16.9 Å². The lowest BCUT2D eigenvalue weighted by Crippen LogP contribution is -2.51. The highest BCUT2D eigenvalue weighted by Gasteiger charge is 2.30. The van der Waals surface area contributed by atoms with Crippen LogP contribution in [-0.2, 0) is 22.6 Å². The molecule has 2 amide bonds. The number of ether oxygens (including phenoxy) is 2. The van der Waals surface area contributed by atoms with Gasteiger partial charge in [0.2, 0.25) is 11.8 Å². The van der Waals surface area contributed by atoms with Crippen LogP contribution < -0.4 is 14.8 Å². The molecule has 1 N–H and O–H groups in total. The summed E-state index contributed by atoms with van der Waals surface area (Å²) in [4.78, 5) is 28.8. The predicted octanol–water partition coefficient (Wildman–Crippen LogP) is 5.92. The van der Waals surface area contributed by atoms with Crippen molar-refractivity contribution in [1.29, 1.82) is 0 Å². The zero-order chi connectivity index (χ0) is 27.3. The maximum absolute atomic E-state index is 13.6. The van der Waals surface area contributed by atoms with Gasteiger partial charge >= 0.3 is 0 Å². The van der Waals surface area contributed by atoms with Crippen molar-refractivity contribution in [3.63, 3.8) is 0 Å². The van der Waals surface area contributed by atoms with E-state index in [0.29, 0.717) is 49.2 Å². The lowest BCUT2D eigenvalue weighted by molar-refractivity contribution is -0.141. The van der Waals surface area contributed by atoms with Gasteiger partial charge in [0, 0.05) is 31.0 Å². The van der Waals surface area contributed by atoms with Crippen LogP contribution in [0.2, 0.25) is 5.02 Å². The third kappa shape index (κ3) is 9.42. The third-order valence-corrected chi connectivity index (χ3v) is 6.34. The molecule has 0 saturated heterocycles. The van der Waals surface area contributed by atoms with Gasteiger partial charge < -0.3 is 19.7 Å². The molecular formula is C31H37ClN2O4. The number of carbonyl (C=O) groups excluding carboxylic acids is 2. The zero-order valence-corrected chi connectivity index (χ0v) is 23.1. The highest BCUT2D eigenvalue weighted by atomic mass is 35.5. The first-order valence-electron chi connectivity index (χ1n) is 13.0. The van der Waals surface area contributed by atoms with Crippen LogP contribution in [0, 0.1) is 5.92 Å². The first kappa shape index (κ1) is 29.1. The Kier molecular flexibility index (Phi) is 11.5. The van der Waals surface area contributed by atoms with Gasteiger partial charge in [-0.1, -0.05) is 67.9 Å². The maximum atomic E-state index is 13.6. The minimum absolute atomic E-state index is 0.0982. The fourth-order valence-electron chi connectivity index (χ4n) is 3.99. The Morgan fingerprint density at radius 2 is 1.55 bits per heavy atom. The minimum atomic E-state index is -0.651. The first-order valence-corrected chi connectivity index (χ1v) is 13.4. The van der Waals surface area contributed by atoms with Crippen LogP contribution in [0.5, 0.6) is 11.5 Å². The van der Waals surface area contributed by atoms with Gasteiger partial charge in [-0.3, -0.25) is 9.59 Å². The molecule has 3 aromatic carbocycles. The van der Waals surface area contributed by atoms with E-state index < -0.39 is 6.04 Å². The van der Waals surface area contributed by atoms with Crippen molar-refractivity contribution >= 4 is 23.4 Å². The number of hydrogen-bond donors (Lipinski definition) is 1. The van der Waals surface area contributed by atoms with Crippen molar-refractivity contribution in [2.45, 2.75) is 45.7 Å². The van der Waals surface area contributed by atoms with Crippen LogP contribution in [0.15, 0.2) is 78.9 Å². The second kappa shape index (κ2) is 15.0. The molecule has 0 aromatic heterocycles. The number of carbonyl (C=O) groups is 2. The van der Waals surface area contributed by atoms with Crippen molar-refractivity contribution in [2.24, 2.45) is 5.92 Å². The van der Waals surface area contributed by atoms with E-state index in [-0.39, 0.29) is 18.2 Å². The summed E-state index contributed by atoms with van der Waals surface area (Å²) in [5.74, 6) is 1.52. The average Bonchev–Trinajstić information content (AvgIpc) is 2.93. The molecule has 0 aliphatic carbocycles. The van der Waals surface area contributed by atoms with Gasteiger partial charge in [-0.15, -0.1) is 0 Å². The quantitative estimate of drug-likeness (QED) is 0.260. The van der Waals surface area contributed by atoms with Crippen molar-refractivity contribution in [3.05, 3.63) is 95.0 Å². The predicted molar refractivity (Wildman–Crippen MR) is 152 cm³/mol. The second-order valence-corrected chi connectivity index (χ2v) is 10.1. The summed E-state index contributed by atoms with van der Waals surface area (Å²) in [5.41, 5.74) is 1.90. The number of methoxy groups -OCH3 is 1. The largest absolute Gasteiger partial charge is 0.497 e. The summed E-state index contributed by atoms with van der Waals surface area (Å²) in [7, 11) is 1.62. The molecule has 0 saturated carbocycles. The molecule has 202 valence electrons. The summed E-state index contributed by atoms with van der Waals surface area (Å²) in [6.07, 6.45) is 1.20. The fourth-order valence-corrected chi connectivity index (χ4v) is 4.12. The molecule has 0 aliphatic rings. The summed E-state index contributed by atoms with van der Waals surface area (Å²) in [6, 6.07) is 23.9. The molecule has 3 aromatic rings. The highest BCUT2D eigenvalue weighted by molar-refractivity contribution is 6.30. The van der Waals surface area contributed by atoms with E-state index in [1.54, 1.807) is 24.1 Å². The number of nitrogens with one attached hydrogen (secondary N) is 1. The van der Waals surface area contributed by atoms with Gasteiger partial charge in [0.05, 0.1) is 13.7 Å². The Morgan fingerprint density at radius 3 is 2.18 bits per heavy atom. The monoisotopic (exact) mass is 536 g/mol. The molecule has 0 radical (unpaired) electrons. The standard InChI is InChI=1S/C31H37ClN2O4/c1-23(2)21-33-31(36)29(20-24-8-5-4-6-9-24)34(22-25-11-13-26(32)14-12-25)30(35)10-7-19-38-28-17-15-27(37-3)16-18-28/h4-6,8-9,11-18,23,29H,7,10,19-22H2,1-3H3,(H,33,36)/t29-/m1/s1. The van der Waals surface area contributed by atoms with Gasteiger partial charge in [0.1, 0.15) is 17.5 Å². The number of amides is 2. The van der Waals surface area contributed by atoms with Crippen LogP contribution in [0.4, 0.5) is 0 Å². The topological polar surface area (TPSA) is 67.9 Å². The summed E-state index contributed by atoms with van der Waals surface area (Å²) in [6.45, 7) is 5.33. The Labute approximate surface area is 230 Å². The molecule has 0 aliphatic heterocycles. The van der Waals surface area contributed by atoms with Crippen LogP contribution in [0.1, 0.15) is 37.8 Å². The molecular weight excluding hydrogens is 500 g/mol. The van der Waals surface area contributed by atoms with Gasteiger partial charge in [-0.05, 0) is 59.9 Å². The first-order chi connectivity index (χ1) is 18.4. The van der Waals surface area contributed by atoms with E-state index in [1.807, 2.05) is 80.6 Å². The lowest BCUT2D eigenvalue weighted by atomic mass is 10.0. The maximum Gasteiger partial charge on any atom is 0.243 e. The minimum Gasteiger partial charge on any atom is -0.497 e. The molecule has 6 nitrogen and oxygen atoms in total. The number of hydrogen-bond acceptors (Lipinski definition) is 4. The molecule has 7 heteroatoms. The molecule has 0 spiro atoms. The van der Waals surface area contributed by atoms with Gasteiger partial charge in [0.15, 0.2) is 0 Å². The summed E-state index contributed by atoms with van der Waals surface area (Å²) < 4.78 is 11.0. The SMILES string of the molecule is COc1ccc(OCCCC(=O)N(Cc2ccc(Cl)cc2)[C@H](Cc2ccccc2)C(=O)NCC(C)C)cc1. The van der Waals surface area contributed by atoms with E-state index >= 15 is 0 Å². The summed E-state index contributed by atoms with van der Waals surface area (Å²) in [5, 5.41) is 3.66. The molecule has 0 fully saturated rings. The Morgan fingerprint density at radius 1 is 0.895 bits per heavy atom. The normalized spacial score (nSPS) is 11.6. The van der Waals surface area contributed by atoms with Gasteiger partial charge in [-0.2, -0.15) is 0 Å². The van der Waals surface area contributed by atoms with Crippen molar-refractivity contribution < 1.29 is 19.1 Å². The Bertz CT molecular complexity index is 1130. The van der Waals surface area contributed by atoms with Crippen LogP contribution in [-0.4, -0.2) is 43.0 Å². The smallest absolute Gasteiger partial charge is 0.243 e. The molecule has 0 heterocycles. The van der Waals surface area contributed by atoms with Crippen molar-refractivity contribution in [2.75, 3.05) is 20.3 Å².